The monoisotopic (exact) mass is 287 g/mol. The van der Waals surface area contributed by atoms with Crippen molar-refractivity contribution in [3.8, 4) is 0 Å². The first kappa shape index (κ1) is 16.1. The van der Waals surface area contributed by atoms with Crippen molar-refractivity contribution in [3.05, 3.63) is 29.8 Å². The lowest BCUT2D eigenvalue weighted by atomic mass is 10.2. The fraction of sp³-hybridized carbons (Fsp3) is 0.538. The van der Waals surface area contributed by atoms with Crippen molar-refractivity contribution >= 4 is 10.1 Å². The van der Waals surface area contributed by atoms with Crippen LogP contribution in [0.4, 0.5) is 0 Å². The Labute approximate surface area is 114 Å². The van der Waals surface area contributed by atoms with E-state index in [1.54, 1.807) is 12.1 Å². The Morgan fingerprint density at radius 2 is 1.89 bits per heavy atom. The molecule has 1 aliphatic rings. The first-order valence-electron chi connectivity index (χ1n) is 6.20. The quantitative estimate of drug-likeness (QED) is 0.823. The maximum absolute atomic E-state index is 10.5. The molecule has 0 heterocycles. The average molecular weight is 287 g/mol. The van der Waals surface area contributed by atoms with E-state index in [4.69, 9.17) is 15.0 Å². The number of ether oxygens (including phenoxy) is 1. The van der Waals surface area contributed by atoms with Crippen molar-refractivity contribution in [1.82, 2.24) is 0 Å². The van der Waals surface area contributed by atoms with Gasteiger partial charge in [-0.1, -0.05) is 17.7 Å². The van der Waals surface area contributed by atoms with E-state index in [9.17, 15) is 8.42 Å². The molecule has 0 saturated heterocycles. The summed E-state index contributed by atoms with van der Waals surface area (Å²) in [6, 6.07) is 6.19. The summed E-state index contributed by atoms with van der Waals surface area (Å²) in [6.45, 7) is 4.53. The smallest absolute Gasteiger partial charge is 0.294 e. The zero-order chi connectivity index (χ0) is 14.5. The van der Waals surface area contributed by atoms with Gasteiger partial charge in [0.2, 0.25) is 0 Å². The molecule has 1 unspecified atom stereocenters. The molecule has 5 nitrogen and oxygen atoms in total. The van der Waals surface area contributed by atoms with Gasteiger partial charge in [-0.05, 0) is 38.8 Å². The summed E-state index contributed by atoms with van der Waals surface area (Å²) < 4.78 is 34.8. The molecule has 108 valence electrons. The second-order valence-corrected chi connectivity index (χ2v) is 6.22. The van der Waals surface area contributed by atoms with Crippen LogP contribution in [-0.2, 0) is 14.9 Å². The third-order valence-corrected chi connectivity index (χ3v) is 3.31. The predicted octanol–water partition coefficient (Wildman–Crippen LogP) is 1.75. The number of hydrogen-bond acceptors (Lipinski definition) is 4. The Balaban J connectivity index is 0.000000200. The van der Waals surface area contributed by atoms with E-state index in [0.717, 1.165) is 12.2 Å². The normalized spacial score (nSPS) is 16.4. The molecule has 19 heavy (non-hydrogen) atoms. The zero-order valence-electron chi connectivity index (χ0n) is 11.2. The summed E-state index contributed by atoms with van der Waals surface area (Å²) in [5.41, 5.74) is 6.40. The lowest BCUT2D eigenvalue weighted by molar-refractivity contribution is 0.110. The SMILES string of the molecule is CC(N)COC1CC1.Cc1ccc(S(=O)(=O)O)cc1. The van der Waals surface area contributed by atoms with Crippen LogP contribution in [0.1, 0.15) is 25.3 Å². The van der Waals surface area contributed by atoms with Gasteiger partial charge in [0.15, 0.2) is 0 Å². The molecular weight excluding hydrogens is 266 g/mol. The third kappa shape index (κ3) is 7.27. The van der Waals surface area contributed by atoms with E-state index >= 15 is 0 Å². The van der Waals surface area contributed by atoms with E-state index in [1.807, 2.05) is 13.8 Å². The maximum atomic E-state index is 10.5. The minimum Gasteiger partial charge on any atom is -0.377 e. The summed E-state index contributed by atoms with van der Waals surface area (Å²) in [6.07, 6.45) is 3.04. The standard InChI is InChI=1S/C7H8O3S.C6H13NO/c1-6-2-4-7(5-3-6)11(8,9)10;1-5(7)4-8-6-2-3-6/h2-5H,1H3,(H,8,9,10);5-6H,2-4,7H2,1H3. The summed E-state index contributed by atoms with van der Waals surface area (Å²) >= 11 is 0. The van der Waals surface area contributed by atoms with Crippen molar-refractivity contribution in [2.45, 2.75) is 43.7 Å². The van der Waals surface area contributed by atoms with E-state index in [2.05, 4.69) is 0 Å². The van der Waals surface area contributed by atoms with Gasteiger partial charge in [-0.15, -0.1) is 0 Å². The Hall–Kier alpha value is -0.950. The molecule has 3 N–H and O–H groups in total. The Morgan fingerprint density at radius 1 is 1.37 bits per heavy atom. The van der Waals surface area contributed by atoms with E-state index in [0.29, 0.717) is 6.10 Å². The fourth-order valence-corrected chi connectivity index (χ4v) is 1.71. The van der Waals surface area contributed by atoms with Gasteiger partial charge in [-0.2, -0.15) is 8.42 Å². The van der Waals surface area contributed by atoms with Crippen molar-refractivity contribution in [2.24, 2.45) is 5.73 Å². The van der Waals surface area contributed by atoms with Crippen LogP contribution >= 0.6 is 0 Å². The van der Waals surface area contributed by atoms with Gasteiger partial charge in [-0.25, -0.2) is 0 Å². The van der Waals surface area contributed by atoms with E-state index < -0.39 is 10.1 Å². The van der Waals surface area contributed by atoms with Crippen molar-refractivity contribution in [2.75, 3.05) is 6.61 Å². The highest BCUT2D eigenvalue weighted by Crippen LogP contribution is 2.23. The van der Waals surface area contributed by atoms with Crippen LogP contribution in [0.15, 0.2) is 29.2 Å². The molecule has 1 fully saturated rings. The fourth-order valence-electron chi connectivity index (χ4n) is 1.23. The van der Waals surface area contributed by atoms with Gasteiger partial charge in [0.05, 0.1) is 17.6 Å². The third-order valence-electron chi connectivity index (χ3n) is 2.44. The largest absolute Gasteiger partial charge is 0.377 e. The lowest BCUT2D eigenvalue weighted by Gasteiger charge is -2.03. The Kier molecular flexibility index (Phi) is 5.93. The molecule has 0 amide bonds. The minimum absolute atomic E-state index is 0.0666. The zero-order valence-corrected chi connectivity index (χ0v) is 12.1. The number of benzene rings is 1. The van der Waals surface area contributed by atoms with Crippen molar-refractivity contribution in [1.29, 1.82) is 0 Å². The van der Waals surface area contributed by atoms with Gasteiger partial charge in [-0.3, -0.25) is 4.55 Å². The molecule has 0 aromatic heterocycles. The molecule has 1 atom stereocenters. The maximum Gasteiger partial charge on any atom is 0.294 e. The highest BCUT2D eigenvalue weighted by atomic mass is 32.2. The topological polar surface area (TPSA) is 89.6 Å². The van der Waals surface area contributed by atoms with Crippen molar-refractivity contribution in [3.63, 3.8) is 0 Å². The van der Waals surface area contributed by atoms with Gasteiger partial charge < -0.3 is 10.5 Å². The molecule has 0 radical (unpaired) electrons. The van der Waals surface area contributed by atoms with Crippen LogP contribution in [0, 0.1) is 6.92 Å². The molecule has 0 spiro atoms. The van der Waals surface area contributed by atoms with E-state index in [1.165, 1.54) is 25.0 Å². The Bertz CT molecular complexity index is 476. The van der Waals surface area contributed by atoms with Crippen LogP contribution in [-0.4, -0.2) is 31.7 Å². The van der Waals surface area contributed by atoms with Crippen LogP contribution in [0.25, 0.3) is 0 Å². The minimum atomic E-state index is -4.02. The number of hydrogen-bond donors (Lipinski definition) is 2. The van der Waals surface area contributed by atoms with Gasteiger partial charge in [0.25, 0.3) is 10.1 Å². The number of rotatable bonds is 4. The average Bonchev–Trinajstić information content (AvgIpc) is 3.10. The summed E-state index contributed by atoms with van der Waals surface area (Å²) in [5.74, 6) is 0. The van der Waals surface area contributed by atoms with E-state index in [-0.39, 0.29) is 10.9 Å². The Morgan fingerprint density at radius 3 is 2.26 bits per heavy atom. The summed E-state index contributed by atoms with van der Waals surface area (Å²) in [4.78, 5) is -0.0666. The summed E-state index contributed by atoms with van der Waals surface area (Å²) in [5, 5.41) is 0. The summed E-state index contributed by atoms with van der Waals surface area (Å²) in [7, 11) is -4.02. The second kappa shape index (κ2) is 7.00. The lowest BCUT2D eigenvalue weighted by Crippen LogP contribution is -2.22. The van der Waals surface area contributed by atoms with Crippen LogP contribution < -0.4 is 5.73 Å². The molecule has 1 aliphatic carbocycles. The van der Waals surface area contributed by atoms with Gasteiger partial charge in [0.1, 0.15) is 0 Å². The molecule has 6 heteroatoms. The number of nitrogens with two attached hydrogens (primary N) is 1. The van der Waals surface area contributed by atoms with Crippen molar-refractivity contribution < 1.29 is 17.7 Å². The van der Waals surface area contributed by atoms with Crippen LogP contribution in [0.2, 0.25) is 0 Å². The first-order chi connectivity index (χ1) is 8.79. The highest BCUT2D eigenvalue weighted by Gasteiger charge is 2.21. The predicted molar refractivity (Wildman–Crippen MR) is 73.6 cm³/mol. The van der Waals surface area contributed by atoms with Gasteiger partial charge in [0, 0.05) is 6.04 Å². The molecule has 1 saturated carbocycles. The van der Waals surface area contributed by atoms with Crippen LogP contribution in [0.5, 0.6) is 0 Å². The molecule has 2 rings (SSSR count). The molecule has 0 aliphatic heterocycles. The molecular formula is C13H21NO4S. The van der Waals surface area contributed by atoms with Crippen LogP contribution in [0.3, 0.4) is 0 Å². The first-order valence-corrected chi connectivity index (χ1v) is 7.64. The molecule has 0 bridgehead atoms. The number of aryl methyl sites for hydroxylation is 1. The molecule has 1 aromatic carbocycles. The highest BCUT2D eigenvalue weighted by molar-refractivity contribution is 7.85. The molecule has 1 aromatic rings. The van der Waals surface area contributed by atoms with Gasteiger partial charge >= 0.3 is 0 Å². The second-order valence-electron chi connectivity index (χ2n) is 4.80.